The molecule has 0 radical (unpaired) electrons. The maximum absolute atomic E-state index is 5.75. The maximum Gasteiger partial charge on any atom is 0.168 e. The van der Waals surface area contributed by atoms with E-state index in [1.54, 1.807) is 6.20 Å². The van der Waals surface area contributed by atoms with Gasteiger partial charge in [0, 0.05) is 18.1 Å². The van der Waals surface area contributed by atoms with Gasteiger partial charge in [-0.15, -0.1) is 11.6 Å². The number of rotatable bonds is 7. The van der Waals surface area contributed by atoms with Crippen molar-refractivity contribution in [1.82, 2.24) is 4.98 Å². The highest BCUT2D eigenvalue weighted by Crippen LogP contribution is 2.22. The smallest absolute Gasteiger partial charge is 0.168 e. The molecule has 0 saturated carbocycles. The highest BCUT2D eigenvalue weighted by atomic mass is 35.5. The fourth-order valence-electron chi connectivity index (χ4n) is 1.47. The van der Waals surface area contributed by atoms with Gasteiger partial charge in [0.1, 0.15) is 0 Å². The summed E-state index contributed by atoms with van der Waals surface area (Å²) in [6.45, 7) is 4.74. The lowest BCUT2D eigenvalue weighted by Gasteiger charge is -2.18. The molecule has 0 aromatic carbocycles. The normalized spacial score (nSPS) is 12.2. The van der Waals surface area contributed by atoms with Crippen LogP contribution >= 0.6 is 11.6 Å². The zero-order chi connectivity index (χ0) is 11.8. The Kier molecular flexibility index (Phi) is 6.01. The van der Waals surface area contributed by atoms with Gasteiger partial charge < -0.3 is 10.1 Å². The lowest BCUT2D eigenvalue weighted by atomic mass is 10.2. The number of halogens is 1. The Bertz CT molecular complexity index is 307. The third-order valence-electron chi connectivity index (χ3n) is 2.36. The summed E-state index contributed by atoms with van der Waals surface area (Å²) in [6, 6.07) is 4.15. The molecule has 4 heteroatoms. The second-order valence-corrected chi connectivity index (χ2v) is 3.89. The molecule has 1 atom stereocenters. The second kappa shape index (κ2) is 7.34. The van der Waals surface area contributed by atoms with Crippen LogP contribution < -0.4 is 10.1 Å². The van der Waals surface area contributed by atoms with E-state index in [2.05, 4.69) is 17.2 Å². The van der Waals surface area contributed by atoms with Gasteiger partial charge in [-0.25, -0.2) is 4.98 Å². The molecule has 0 aliphatic heterocycles. The van der Waals surface area contributed by atoms with E-state index in [9.17, 15) is 0 Å². The molecular weight excluding hydrogens is 224 g/mol. The van der Waals surface area contributed by atoms with Crippen molar-refractivity contribution in [3.05, 3.63) is 18.3 Å². The number of nitrogens with one attached hydrogen (secondary N) is 1. The molecule has 0 aliphatic rings. The van der Waals surface area contributed by atoms with E-state index < -0.39 is 0 Å². The molecule has 1 aromatic rings. The van der Waals surface area contributed by atoms with E-state index in [-0.39, 0.29) is 0 Å². The third-order valence-corrected chi connectivity index (χ3v) is 2.58. The van der Waals surface area contributed by atoms with Gasteiger partial charge in [-0.05, 0) is 31.9 Å². The average Bonchev–Trinajstić information content (AvgIpc) is 2.31. The standard InChI is InChI=1S/C12H19ClN2O/c1-3-10(7-8-13)15-12-11(16-4-2)6-5-9-14-12/h5-6,9-10H,3-4,7-8H2,1-2H3,(H,14,15). The average molecular weight is 243 g/mol. The minimum absolute atomic E-state index is 0.353. The van der Waals surface area contributed by atoms with E-state index in [1.807, 2.05) is 19.1 Å². The zero-order valence-corrected chi connectivity index (χ0v) is 10.6. The van der Waals surface area contributed by atoms with Crippen molar-refractivity contribution in [2.75, 3.05) is 17.8 Å². The summed E-state index contributed by atoms with van der Waals surface area (Å²) in [4.78, 5) is 4.29. The predicted molar refractivity (Wildman–Crippen MR) is 68.4 cm³/mol. The van der Waals surface area contributed by atoms with E-state index in [1.165, 1.54) is 0 Å². The molecule has 0 spiro atoms. The van der Waals surface area contributed by atoms with Crippen molar-refractivity contribution in [2.24, 2.45) is 0 Å². The molecule has 3 nitrogen and oxygen atoms in total. The van der Waals surface area contributed by atoms with Crippen LogP contribution in [0.2, 0.25) is 0 Å². The molecule has 1 rings (SSSR count). The summed E-state index contributed by atoms with van der Waals surface area (Å²) in [5.74, 6) is 2.27. The van der Waals surface area contributed by atoms with Gasteiger partial charge in [-0.3, -0.25) is 0 Å². The number of hydrogen-bond acceptors (Lipinski definition) is 3. The molecular formula is C12H19ClN2O. The van der Waals surface area contributed by atoms with Gasteiger partial charge in [0.25, 0.3) is 0 Å². The first-order valence-electron chi connectivity index (χ1n) is 5.72. The summed E-state index contributed by atoms with van der Waals surface area (Å²) in [5, 5.41) is 3.36. The molecule has 16 heavy (non-hydrogen) atoms. The topological polar surface area (TPSA) is 34.1 Å². The molecule has 0 aliphatic carbocycles. The highest BCUT2D eigenvalue weighted by molar-refractivity contribution is 6.17. The Morgan fingerprint density at radius 3 is 2.94 bits per heavy atom. The van der Waals surface area contributed by atoms with E-state index in [4.69, 9.17) is 16.3 Å². The van der Waals surface area contributed by atoms with Crippen molar-refractivity contribution < 1.29 is 4.74 Å². The summed E-state index contributed by atoms with van der Waals surface area (Å²) in [6.07, 6.45) is 3.72. The fourth-order valence-corrected chi connectivity index (χ4v) is 1.74. The Labute approximate surface area is 102 Å². The molecule has 1 heterocycles. The monoisotopic (exact) mass is 242 g/mol. The Morgan fingerprint density at radius 2 is 2.31 bits per heavy atom. The Balaban J connectivity index is 2.70. The van der Waals surface area contributed by atoms with Crippen LogP contribution in [0.5, 0.6) is 5.75 Å². The summed E-state index contributed by atoms with van der Waals surface area (Å²) >= 11 is 5.75. The molecule has 0 fully saturated rings. The van der Waals surface area contributed by atoms with Crippen molar-refractivity contribution >= 4 is 17.4 Å². The first kappa shape index (κ1) is 13.1. The second-order valence-electron chi connectivity index (χ2n) is 3.51. The molecule has 1 N–H and O–H groups in total. The SMILES string of the molecule is CCOc1cccnc1NC(CC)CCCl. The zero-order valence-electron chi connectivity index (χ0n) is 9.87. The van der Waals surface area contributed by atoms with Gasteiger partial charge in [0.05, 0.1) is 6.61 Å². The number of alkyl halides is 1. The number of ether oxygens (including phenoxy) is 1. The van der Waals surface area contributed by atoms with Crippen molar-refractivity contribution in [3.8, 4) is 5.75 Å². The van der Waals surface area contributed by atoms with E-state index >= 15 is 0 Å². The van der Waals surface area contributed by atoms with Crippen LogP contribution in [0.3, 0.4) is 0 Å². The van der Waals surface area contributed by atoms with E-state index in [0.29, 0.717) is 18.5 Å². The van der Waals surface area contributed by atoms with Crippen LogP contribution in [0.4, 0.5) is 5.82 Å². The van der Waals surface area contributed by atoms with Crippen LogP contribution in [-0.4, -0.2) is 23.5 Å². The van der Waals surface area contributed by atoms with Gasteiger partial charge in [-0.1, -0.05) is 6.92 Å². The first-order valence-corrected chi connectivity index (χ1v) is 6.25. The molecule has 90 valence electrons. The third kappa shape index (κ3) is 3.89. The quantitative estimate of drug-likeness (QED) is 0.745. The van der Waals surface area contributed by atoms with Gasteiger partial charge >= 0.3 is 0 Å². The number of pyridine rings is 1. The van der Waals surface area contributed by atoms with Crippen molar-refractivity contribution in [1.29, 1.82) is 0 Å². The van der Waals surface area contributed by atoms with Gasteiger partial charge in [0.15, 0.2) is 11.6 Å². The summed E-state index contributed by atoms with van der Waals surface area (Å²) in [5.41, 5.74) is 0. The molecule has 0 saturated heterocycles. The van der Waals surface area contributed by atoms with Gasteiger partial charge in [-0.2, -0.15) is 0 Å². The largest absolute Gasteiger partial charge is 0.490 e. The lowest BCUT2D eigenvalue weighted by Crippen LogP contribution is -2.20. The minimum Gasteiger partial charge on any atom is -0.490 e. The van der Waals surface area contributed by atoms with Crippen LogP contribution in [-0.2, 0) is 0 Å². The lowest BCUT2D eigenvalue weighted by molar-refractivity contribution is 0.340. The van der Waals surface area contributed by atoms with Crippen LogP contribution in [0.1, 0.15) is 26.7 Å². The molecule has 0 amide bonds. The first-order chi connectivity index (χ1) is 7.81. The minimum atomic E-state index is 0.353. The maximum atomic E-state index is 5.75. The Morgan fingerprint density at radius 1 is 1.50 bits per heavy atom. The number of anilines is 1. The number of nitrogens with zero attached hydrogens (tertiary/aromatic N) is 1. The molecule has 1 aromatic heterocycles. The van der Waals surface area contributed by atoms with E-state index in [0.717, 1.165) is 24.4 Å². The number of aromatic nitrogens is 1. The van der Waals surface area contributed by atoms with Crippen LogP contribution in [0, 0.1) is 0 Å². The van der Waals surface area contributed by atoms with Crippen LogP contribution in [0.15, 0.2) is 18.3 Å². The Hall–Kier alpha value is -0.960. The van der Waals surface area contributed by atoms with Crippen LogP contribution in [0.25, 0.3) is 0 Å². The van der Waals surface area contributed by atoms with Gasteiger partial charge in [0.2, 0.25) is 0 Å². The van der Waals surface area contributed by atoms with Crippen molar-refractivity contribution in [3.63, 3.8) is 0 Å². The predicted octanol–water partition coefficient (Wildman–Crippen LogP) is 3.30. The highest BCUT2D eigenvalue weighted by Gasteiger charge is 2.09. The fraction of sp³-hybridized carbons (Fsp3) is 0.583. The molecule has 1 unspecified atom stereocenters. The summed E-state index contributed by atoms with van der Waals surface area (Å²) in [7, 11) is 0. The molecule has 0 bridgehead atoms. The summed E-state index contributed by atoms with van der Waals surface area (Å²) < 4.78 is 5.50. The van der Waals surface area contributed by atoms with Crippen molar-refractivity contribution in [2.45, 2.75) is 32.7 Å². The number of hydrogen-bond donors (Lipinski definition) is 1.